The molecule has 0 aromatic carbocycles. The van der Waals surface area contributed by atoms with Gasteiger partial charge >= 0.3 is 11.8 Å². The van der Waals surface area contributed by atoms with Crippen molar-refractivity contribution in [2.75, 3.05) is 13.1 Å². The van der Waals surface area contributed by atoms with Gasteiger partial charge in [-0.25, -0.2) is 0 Å². The van der Waals surface area contributed by atoms with E-state index in [4.69, 9.17) is 0 Å². The van der Waals surface area contributed by atoms with E-state index >= 15 is 0 Å². The summed E-state index contributed by atoms with van der Waals surface area (Å²) in [5.41, 5.74) is 1.88. The van der Waals surface area contributed by atoms with Gasteiger partial charge in [0.25, 0.3) is 5.91 Å². The number of carbonyl (C=O) groups excluding carboxylic acids is 2. The number of carbonyl (C=O) groups is 2. The second-order valence-corrected chi connectivity index (χ2v) is 3.03. The monoisotopic (exact) mass is 230 g/mol. The van der Waals surface area contributed by atoms with Crippen molar-refractivity contribution in [1.82, 2.24) is 10.5 Å². The summed E-state index contributed by atoms with van der Waals surface area (Å²) in [7, 11) is 0. The van der Waals surface area contributed by atoms with Gasteiger partial charge in [0.05, 0.1) is 13.0 Å². The van der Waals surface area contributed by atoms with Crippen LogP contribution < -0.4 is 5.48 Å². The molecule has 0 fully saturated rings. The van der Waals surface area contributed by atoms with Gasteiger partial charge in [-0.05, 0) is 4.92 Å². The predicted molar refractivity (Wildman–Crippen MR) is 50.5 cm³/mol. The van der Waals surface area contributed by atoms with Gasteiger partial charge in [0.2, 0.25) is 0 Å². The lowest BCUT2D eigenvalue weighted by molar-refractivity contribution is -0.352. The van der Waals surface area contributed by atoms with E-state index in [1.54, 1.807) is 0 Å². The topological polar surface area (TPSA) is 114 Å². The number of hydrogen-bond donors (Lipinski definition) is 1. The van der Waals surface area contributed by atoms with E-state index in [1.807, 2.05) is 5.48 Å². The third-order valence-corrected chi connectivity index (χ3v) is 1.70. The first-order valence-corrected chi connectivity index (χ1v) is 4.42. The molecule has 1 aliphatic heterocycles. The Kier molecular flexibility index (Phi) is 3.75. The maximum Gasteiger partial charge on any atom is 0.365 e. The lowest BCUT2D eigenvalue weighted by atomic mass is 10.4. The standard InChI is InChI=1S/C7H10N4O5/c1-5(12)16-9-7(13)4-10-3-2-6(8-10)11(14)15/h2-4H2,1H3,(H,9,13). The molecule has 1 heterocycles. The number of amidine groups is 1. The van der Waals surface area contributed by atoms with Crippen LogP contribution in [0.25, 0.3) is 0 Å². The molecule has 0 radical (unpaired) electrons. The fourth-order valence-electron chi connectivity index (χ4n) is 1.06. The zero-order valence-corrected chi connectivity index (χ0v) is 8.50. The summed E-state index contributed by atoms with van der Waals surface area (Å²) in [6.07, 6.45) is 0.188. The molecule has 0 saturated carbocycles. The fourth-order valence-corrected chi connectivity index (χ4v) is 1.06. The van der Waals surface area contributed by atoms with Crippen LogP contribution in [0.4, 0.5) is 0 Å². The van der Waals surface area contributed by atoms with Gasteiger partial charge in [-0.2, -0.15) is 10.5 Å². The second-order valence-electron chi connectivity index (χ2n) is 3.03. The molecule has 9 nitrogen and oxygen atoms in total. The Morgan fingerprint density at radius 2 is 2.38 bits per heavy atom. The lowest BCUT2D eigenvalue weighted by Crippen LogP contribution is -2.34. The van der Waals surface area contributed by atoms with E-state index in [0.717, 1.165) is 6.92 Å². The van der Waals surface area contributed by atoms with Crippen molar-refractivity contribution in [2.24, 2.45) is 5.10 Å². The first kappa shape index (κ1) is 11.9. The molecule has 0 spiro atoms. The summed E-state index contributed by atoms with van der Waals surface area (Å²) in [5, 5.41) is 15.2. The van der Waals surface area contributed by atoms with Crippen molar-refractivity contribution in [2.45, 2.75) is 13.3 Å². The smallest absolute Gasteiger partial charge is 0.358 e. The average Bonchev–Trinajstić information content (AvgIpc) is 2.63. The quantitative estimate of drug-likeness (QED) is 0.474. The van der Waals surface area contributed by atoms with Crippen molar-refractivity contribution in [3.8, 4) is 0 Å². The minimum Gasteiger partial charge on any atom is -0.358 e. The normalized spacial score (nSPS) is 14.3. The second kappa shape index (κ2) is 5.05. The van der Waals surface area contributed by atoms with E-state index in [1.165, 1.54) is 5.01 Å². The number of nitrogens with zero attached hydrogens (tertiary/aromatic N) is 3. The fraction of sp³-hybridized carbons (Fsp3) is 0.571. The van der Waals surface area contributed by atoms with Crippen molar-refractivity contribution >= 4 is 17.7 Å². The highest BCUT2D eigenvalue weighted by Crippen LogP contribution is 2.05. The van der Waals surface area contributed by atoms with Crippen molar-refractivity contribution in [1.29, 1.82) is 0 Å². The summed E-state index contributed by atoms with van der Waals surface area (Å²) < 4.78 is 0. The zero-order valence-electron chi connectivity index (χ0n) is 8.50. The van der Waals surface area contributed by atoms with E-state index in [2.05, 4.69) is 9.94 Å². The summed E-state index contributed by atoms with van der Waals surface area (Å²) in [6, 6.07) is 0. The Hall–Kier alpha value is -2.19. The molecule has 0 aliphatic carbocycles. The maximum atomic E-state index is 11.1. The minimum atomic E-state index is -0.649. The van der Waals surface area contributed by atoms with Crippen LogP contribution in [-0.2, 0) is 14.4 Å². The molecule has 0 atom stereocenters. The molecule has 1 rings (SSSR count). The third kappa shape index (κ3) is 3.52. The average molecular weight is 230 g/mol. The summed E-state index contributed by atoms with van der Waals surface area (Å²) in [6.45, 7) is 1.24. The number of amides is 1. The van der Waals surface area contributed by atoms with Crippen LogP contribution in [0.15, 0.2) is 5.10 Å². The van der Waals surface area contributed by atoms with E-state index in [-0.39, 0.29) is 18.8 Å². The molecule has 0 aromatic rings. The molecular formula is C7H10N4O5. The van der Waals surface area contributed by atoms with Gasteiger partial charge in [0.15, 0.2) is 0 Å². The van der Waals surface area contributed by atoms with Crippen LogP contribution in [0, 0.1) is 10.1 Å². The first-order valence-electron chi connectivity index (χ1n) is 4.42. The number of hydroxylamine groups is 1. The van der Waals surface area contributed by atoms with Crippen molar-refractivity contribution in [3.63, 3.8) is 0 Å². The SMILES string of the molecule is CC(=O)ONC(=O)CN1CCC([N+](=O)[O-])=N1. The Bertz CT molecular complexity index is 353. The van der Waals surface area contributed by atoms with E-state index in [9.17, 15) is 19.7 Å². The molecular weight excluding hydrogens is 220 g/mol. The van der Waals surface area contributed by atoms with Crippen molar-refractivity contribution in [3.05, 3.63) is 10.1 Å². The zero-order chi connectivity index (χ0) is 12.1. The lowest BCUT2D eigenvalue weighted by Gasteiger charge is -2.07. The van der Waals surface area contributed by atoms with Gasteiger partial charge in [0.1, 0.15) is 6.54 Å². The van der Waals surface area contributed by atoms with Crippen LogP contribution in [0.1, 0.15) is 13.3 Å². The van der Waals surface area contributed by atoms with Crippen molar-refractivity contribution < 1.29 is 19.3 Å². The summed E-state index contributed by atoms with van der Waals surface area (Å²) in [4.78, 5) is 35.4. The number of nitrogens with one attached hydrogen (secondary N) is 1. The number of nitro groups is 1. The third-order valence-electron chi connectivity index (χ3n) is 1.70. The summed E-state index contributed by atoms with van der Waals surface area (Å²) in [5.74, 6) is -1.42. The number of hydrazone groups is 1. The van der Waals surface area contributed by atoms with Gasteiger partial charge in [-0.15, -0.1) is 0 Å². The Balaban J connectivity index is 2.36. The molecule has 9 heteroatoms. The highest BCUT2D eigenvalue weighted by Gasteiger charge is 2.27. The molecule has 0 unspecified atom stereocenters. The Morgan fingerprint density at radius 1 is 1.69 bits per heavy atom. The van der Waals surface area contributed by atoms with Crippen LogP contribution >= 0.6 is 0 Å². The van der Waals surface area contributed by atoms with Crippen LogP contribution in [0.2, 0.25) is 0 Å². The molecule has 1 amide bonds. The van der Waals surface area contributed by atoms with Gasteiger partial charge < -0.3 is 15.0 Å². The van der Waals surface area contributed by atoms with E-state index in [0.29, 0.717) is 6.54 Å². The van der Waals surface area contributed by atoms with Crippen LogP contribution in [-0.4, -0.2) is 40.7 Å². The number of rotatable bonds is 2. The van der Waals surface area contributed by atoms with Gasteiger partial charge in [-0.1, -0.05) is 0 Å². The first-order chi connectivity index (χ1) is 7.49. The van der Waals surface area contributed by atoms with Gasteiger partial charge in [-0.3, -0.25) is 9.59 Å². The number of hydrogen-bond acceptors (Lipinski definition) is 7. The van der Waals surface area contributed by atoms with Crippen LogP contribution in [0.5, 0.6) is 0 Å². The summed E-state index contributed by atoms with van der Waals surface area (Å²) >= 11 is 0. The molecule has 0 saturated heterocycles. The predicted octanol–water partition coefficient (Wildman–Crippen LogP) is -1.12. The molecule has 0 aromatic heterocycles. The minimum absolute atomic E-state index is 0.180. The highest BCUT2D eigenvalue weighted by atomic mass is 16.7. The van der Waals surface area contributed by atoms with Gasteiger partial charge in [0, 0.05) is 12.0 Å². The van der Waals surface area contributed by atoms with E-state index < -0.39 is 16.8 Å². The Labute approximate surface area is 90.1 Å². The molecule has 0 bridgehead atoms. The molecule has 1 N–H and O–H groups in total. The molecule has 16 heavy (non-hydrogen) atoms. The Morgan fingerprint density at radius 3 is 2.88 bits per heavy atom. The molecule has 1 aliphatic rings. The maximum absolute atomic E-state index is 11.1. The largest absolute Gasteiger partial charge is 0.365 e. The molecule has 88 valence electrons. The van der Waals surface area contributed by atoms with Crippen LogP contribution in [0.3, 0.4) is 0 Å². The highest BCUT2D eigenvalue weighted by molar-refractivity contribution is 5.80.